The summed E-state index contributed by atoms with van der Waals surface area (Å²) in [7, 11) is 0. The molecule has 80 valence electrons. The van der Waals surface area contributed by atoms with E-state index in [9.17, 15) is 0 Å². The van der Waals surface area contributed by atoms with Crippen molar-refractivity contribution in [2.24, 2.45) is 0 Å². The maximum absolute atomic E-state index is 5.74. The van der Waals surface area contributed by atoms with Crippen molar-refractivity contribution in [3.8, 4) is 0 Å². The fraction of sp³-hybridized carbons (Fsp3) is 1.00. The molecule has 0 spiro atoms. The van der Waals surface area contributed by atoms with Crippen molar-refractivity contribution >= 4 is 12.6 Å². The highest BCUT2D eigenvalue weighted by Gasteiger charge is 2.13. The van der Waals surface area contributed by atoms with Crippen LogP contribution in [0.3, 0.4) is 0 Å². The zero-order valence-corrected chi connectivity index (χ0v) is 10.2. The average molecular weight is 204 g/mol. The van der Waals surface area contributed by atoms with E-state index in [1.807, 2.05) is 0 Å². The minimum Gasteiger partial charge on any atom is -0.376 e. The number of unbranched alkanes of at least 4 members (excludes halogenated alkanes) is 3. The van der Waals surface area contributed by atoms with Crippen LogP contribution in [0.4, 0.5) is 0 Å². The number of rotatable bonds is 8. The topological polar surface area (TPSA) is 9.23 Å². The average Bonchev–Trinajstić information content (AvgIpc) is 2.11. The standard InChI is InChI=1S/C11H24OS/c1-4-11(2,3)12-9-7-5-6-8-10-13/h13H,4-10H2,1-3H3. The van der Waals surface area contributed by atoms with Crippen LogP contribution in [-0.2, 0) is 4.74 Å². The third-order valence-electron chi connectivity index (χ3n) is 2.40. The van der Waals surface area contributed by atoms with Crippen LogP contribution in [0.25, 0.3) is 0 Å². The Labute approximate surface area is 88.7 Å². The van der Waals surface area contributed by atoms with Crippen LogP contribution in [0.2, 0.25) is 0 Å². The lowest BCUT2D eigenvalue weighted by Crippen LogP contribution is -2.23. The molecule has 0 heterocycles. The van der Waals surface area contributed by atoms with Crippen molar-refractivity contribution in [1.82, 2.24) is 0 Å². The molecule has 0 aliphatic heterocycles. The van der Waals surface area contributed by atoms with Gasteiger partial charge in [0.25, 0.3) is 0 Å². The number of ether oxygens (including phenoxy) is 1. The Balaban J connectivity index is 3.16. The van der Waals surface area contributed by atoms with E-state index in [0.29, 0.717) is 0 Å². The molecule has 0 saturated heterocycles. The van der Waals surface area contributed by atoms with Crippen LogP contribution in [0.5, 0.6) is 0 Å². The second kappa shape index (κ2) is 7.69. The molecule has 0 bridgehead atoms. The Kier molecular flexibility index (Phi) is 7.87. The monoisotopic (exact) mass is 204 g/mol. The molecular formula is C11H24OS. The van der Waals surface area contributed by atoms with Crippen LogP contribution in [0, 0.1) is 0 Å². The van der Waals surface area contributed by atoms with Gasteiger partial charge < -0.3 is 4.74 Å². The molecule has 0 aromatic rings. The van der Waals surface area contributed by atoms with Gasteiger partial charge in [-0.2, -0.15) is 12.6 Å². The van der Waals surface area contributed by atoms with Crippen molar-refractivity contribution in [1.29, 1.82) is 0 Å². The number of hydrogen-bond acceptors (Lipinski definition) is 2. The van der Waals surface area contributed by atoms with E-state index in [0.717, 1.165) is 18.8 Å². The third-order valence-corrected chi connectivity index (χ3v) is 2.71. The summed E-state index contributed by atoms with van der Waals surface area (Å²) in [4.78, 5) is 0. The Morgan fingerprint density at radius 2 is 1.69 bits per heavy atom. The van der Waals surface area contributed by atoms with Gasteiger partial charge in [-0.15, -0.1) is 0 Å². The molecule has 0 unspecified atom stereocenters. The van der Waals surface area contributed by atoms with E-state index in [2.05, 4.69) is 33.4 Å². The molecule has 0 aliphatic rings. The normalized spacial score (nSPS) is 12.0. The van der Waals surface area contributed by atoms with Gasteiger partial charge in [0.1, 0.15) is 0 Å². The largest absolute Gasteiger partial charge is 0.376 e. The van der Waals surface area contributed by atoms with E-state index in [1.165, 1.54) is 25.7 Å². The fourth-order valence-electron chi connectivity index (χ4n) is 1.02. The maximum atomic E-state index is 5.74. The first-order chi connectivity index (χ1) is 6.12. The molecule has 0 aliphatic carbocycles. The van der Waals surface area contributed by atoms with Gasteiger partial charge in [-0.3, -0.25) is 0 Å². The highest BCUT2D eigenvalue weighted by molar-refractivity contribution is 7.80. The summed E-state index contributed by atoms with van der Waals surface area (Å²) in [6.07, 6.45) is 6.08. The molecule has 13 heavy (non-hydrogen) atoms. The van der Waals surface area contributed by atoms with Crippen molar-refractivity contribution in [2.45, 2.75) is 58.5 Å². The molecule has 0 saturated carbocycles. The summed E-state index contributed by atoms with van der Waals surface area (Å²) in [5.41, 5.74) is 0.0730. The first-order valence-electron chi connectivity index (χ1n) is 5.37. The summed E-state index contributed by atoms with van der Waals surface area (Å²) in [5.74, 6) is 1.02. The minimum atomic E-state index is 0.0730. The predicted octanol–water partition coefficient (Wildman–Crippen LogP) is 3.68. The molecule has 0 aromatic carbocycles. The van der Waals surface area contributed by atoms with Gasteiger partial charge in [-0.1, -0.05) is 19.8 Å². The molecule has 0 fully saturated rings. The minimum absolute atomic E-state index is 0.0730. The van der Waals surface area contributed by atoms with Gasteiger partial charge in [-0.05, 0) is 38.9 Å². The number of hydrogen-bond donors (Lipinski definition) is 1. The first-order valence-corrected chi connectivity index (χ1v) is 6.00. The summed E-state index contributed by atoms with van der Waals surface area (Å²) in [6.45, 7) is 7.38. The second-order valence-electron chi connectivity index (χ2n) is 4.10. The predicted molar refractivity (Wildman–Crippen MR) is 62.6 cm³/mol. The third kappa shape index (κ3) is 8.63. The lowest BCUT2D eigenvalue weighted by Gasteiger charge is -2.23. The molecule has 0 N–H and O–H groups in total. The van der Waals surface area contributed by atoms with Crippen molar-refractivity contribution in [2.75, 3.05) is 12.4 Å². The van der Waals surface area contributed by atoms with Gasteiger partial charge in [0.05, 0.1) is 5.60 Å². The van der Waals surface area contributed by atoms with Crippen molar-refractivity contribution < 1.29 is 4.74 Å². The smallest absolute Gasteiger partial charge is 0.0623 e. The highest BCUT2D eigenvalue weighted by atomic mass is 32.1. The second-order valence-corrected chi connectivity index (χ2v) is 4.55. The molecule has 2 heteroatoms. The van der Waals surface area contributed by atoms with E-state index >= 15 is 0 Å². The SMILES string of the molecule is CCC(C)(C)OCCCCCCS. The molecule has 0 amide bonds. The summed E-state index contributed by atoms with van der Waals surface area (Å²) < 4.78 is 5.74. The Hall–Kier alpha value is 0.310. The van der Waals surface area contributed by atoms with Gasteiger partial charge in [0.15, 0.2) is 0 Å². The van der Waals surface area contributed by atoms with Gasteiger partial charge in [-0.25, -0.2) is 0 Å². The first kappa shape index (κ1) is 13.3. The van der Waals surface area contributed by atoms with Crippen molar-refractivity contribution in [3.63, 3.8) is 0 Å². The summed E-state index contributed by atoms with van der Waals surface area (Å²) in [6, 6.07) is 0. The van der Waals surface area contributed by atoms with E-state index in [1.54, 1.807) is 0 Å². The quantitative estimate of drug-likeness (QED) is 0.469. The molecule has 0 rings (SSSR count). The van der Waals surface area contributed by atoms with Crippen LogP contribution in [0.15, 0.2) is 0 Å². The zero-order chi connectivity index (χ0) is 10.2. The maximum Gasteiger partial charge on any atom is 0.0623 e. The lowest BCUT2D eigenvalue weighted by molar-refractivity contribution is -0.0216. The summed E-state index contributed by atoms with van der Waals surface area (Å²) >= 11 is 4.18. The molecular weight excluding hydrogens is 180 g/mol. The molecule has 0 atom stereocenters. The van der Waals surface area contributed by atoms with Crippen LogP contribution < -0.4 is 0 Å². The van der Waals surface area contributed by atoms with Gasteiger partial charge >= 0.3 is 0 Å². The number of thiol groups is 1. The Morgan fingerprint density at radius 3 is 2.23 bits per heavy atom. The van der Waals surface area contributed by atoms with E-state index in [-0.39, 0.29) is 5.60 Å². The lowest BCUT2D eigenvalue weighted by atomic mass is 10.1. The fourth-order valence-corrected chi connectivity index (χ4v) is 1.24. The van der Waals surface area contributed by atoms with E-state index in [4.69, 9.17) is 4.74 Å². The van der Waals surface area contributed by atoms with Crippen LogP contribution >= 0.6 is 12.6 Å². The van der Waals surface area contributed by atoms with Gasteiger partial charge in [0.2, 0.25) is 0 Å². The van der Waals surface area contributed by atoms with Crippen LogP contribution in [-0.4, -0.2) is 18.0 Å². The molecule has 0 aromatic heterocycles. The van der Waals surface area contributed by atoms with Crippen molar-refractivity contribution in [3.05, 3.63) is 0 Å². The Bertz CT molecular complexity index is 113. The summed E-state index contributed by atoms with van der Waals surface area (Å²) in [5, 5.41) is 0. The molecule has 0 radical (unpaired) electrons. The van der Waals surface area contributed by atoms with Gasteiger partial charge in [0, 0.05) is 6.61 Å². The Morgan fingerprint density at radius 1 is 1.08 bits per heavy atom. The van der Waals surface area contributed by atoms with Crippen LogP contribution in [0.1, 0.15) is 52.9 Å². The van der Waals surface area contributed by atoms with E-state index < -0.39 is 0 Å². The zero-order valence-electron chi connectivity index (χ0n) is 9.31. The highest BCUT2D eigenvalue weighted by Crippen LogP contribution is 2.14. The molecule has 1 nitrogen and oxygen atoms in total.